The molecule has 2 N–H and O–H groups in total. The maximum Gasteiger partial charge on any atom is 0.282 e. The highest BCUT2D eigenvalue weighted by Crippen LogP contribution is 2.26. The summed E-state index contributed by atoms with van der Waals surface area (Å²) >= 11 is 3.17. The number of benzene rings is 2. The molecule has 7 nitrogen and oxygen atoms in total. The van der Waals surface area contributed by atoms with Gasteiger partial charge in [0.1, 0.15) is 0 Å². The van der Waals surface area contributed by atoms with Crippen LogP contribution < -0.4 is 5.56 Å². The first-order valence-corrected chi connectivity index (χ1v) is 12.3. The predicted octanol–water partition coefficient (Wildman–Crippen LogP) is 4.76. The predicted molar refractivity (Wildman–Crippen MR) is 135 cm³/mol. The van der Waals surface area contributed by atoms with Gasteiger partial charge in [0.15, 0.2) is 0 Å². The van der Waals surface area contributed by atoms with Gasteiger partial charge in [-0.1, -0.05) is 41.2 Å². The second kappa shape index (κ2) is 9.60. The van der Waals surface area contributed by atoms with Crippen LogP contribution in [0.3, 0.4) is 0 Å². The van der Waals surface area contributed by atoms with E-state index in [0.29, 0.717) is 23.0 Å². The summed E-state index contributed by atoms with van der Waals surface area (Å²) in [6, 6.07) is 16.3. The lowest BCUT2D eigenvalue weighted by molar-refractivity contribution is 0.827. The Kier molecular flexibility index (Phi) is 6.23. The summed E-state index contributed by atoms with van der Waals surface area (Å²) in [5.41, 5.74) is 4.37. The number of thioether (sulfide) groups is 1. The fraction of sp³-hybridized carbons (Fsp3) is 0.167. The number of fused-ring (bicyclic) bond motifs is 1. The van der Waals surface area contributed by atoms with Crippen molar-refractivity contribution in [2.24, 2.45) is 4.99 Å². The number of aliphatic imine (C=N–C) groups is 1. The van der Waals surface area contributed by atoms with Gasteiger partial charge in [-0.25, -0.2) is 9.97 Å². The molecule has 0 amide bonds. The van der Waals surface area contributed by atoms with Crippen LogP contribution in [0.15, 0.2) is 75.7 Å². The van der Waals surface area contributed by atoms with Crippen molar-refractivity contribution in [2.45, 2.75) is 24.0 Å². The van der Waals surface area contributed by atoms with E-state index >= 15 is 0 Å². The Bertz CT molecular complexity index is 1410. The van der Waals surface area contributed by atoms with E-state index < -0.39 is 0 Å². The van der Waals surface area contributed by atoms with Crippen LogP contribution >= 0.6 is 23.1 Å². The van der Waals surface area contributed by atoms with Crippen LogP contribution in [0.4, 0.5) is 0 Å². The number of para-hydroxylation sites is 1. The highest BCUT2D eigenvalue weighted by Gasteiger charge is 2.17. The fourth-order valence-corrected chi connectivity index (χ4v) is 5.17. The van der Waals surface area contributed by atoms with Gasteiger partial charge in [0, 0.05) is 41.7 Å². The first kappa shape index (κ1) is 21.4. The van der Waals surface area contributed by atoms with Crippen LogP contribution in [-0.2, 0) is 12.2 Å². The Morgan fingerprint density at radius 2 is 2.03 bits per heavy atom. The number of aromatic amines is 2. The van der Waals surface area contributed by atoms with Crippen molar-refractivity contribution in [1.29, 1.82) is 0 Å². The summed E-state index contributed by atoms with van der Waals surface area (Å²) in [5.74, 6) is 0.623. The molecule has 0 fully saturated rings. The minimum absolute atomic E-state index is 0.140. The average molecular weight is 475 g/mol. The van der Waals surface area contributed by atoms with Gasteiger partial charge in [0.05, 0.1) is 27.8 Å². The second-order valence-corrected chi connectivity index (χ2v) is 9.63. The number of nitrogens with one attached hydrogen (secondary N) is 2. The van der Waals surface area contributed by atoms with Crippen molar-refractivity contribution in [3.05, 3.63) is 93.9 Å². The van der Waals surface area contributed by atoms with Gasteiger partial charge in [0.2, 0.25) is 5.13 Å². The van der Waals surface area contributed by atoms with Crippen LogP contribution in [0.1, 0.15) is 22.5 Å². The van der Waals surface area contributed by atoms with E-state index in [2.05, 4.69) is 56.2 Å². The quantitative estimate of drug-likeness (QED) is 0.251. The maximum absolute atomic E-state index is 13.3. The molecule has 0 radical (unpaired) electrons. The Morgan fingerprint density at radius 1 is 1.18 bits per heavy atom. The third-order valence-corrected chi connectivity index (χ3v) is 7.23. The van der Waals surface area contributed by atoms with Crippen LogP contribution in [0.25, 0.3) is 15.3 Å². The molecule has 0 unspecified atom stereocenters. The lowest BCUT2D eigenvalue weighted by atomic mass is 10.2. The number of nitrogens with zero attached hydrogens (tertiary/aromatic N) is 4. The molecule has 5 aromatic rings. The number of hydrogen-bond acceptors (Lipinski definition) is 6. The van der Waals surface area contributed by atoms with Crippen molar-refractivity contribution < 1.29 is 0 Å². The van der Waals surface area contributed by atoms with E-state index in [9.17, 15) is 4.79 Å². The Morgan fingerprint density at radius 3 is 2.82 bits per heavy atom. The number of thiazole rings is 1. The third kappa shape index (κ3) is 4.84. The minimum atomic E-state index is -0.140. The van der Waals surface area contributed by atoms with Crippen molar-refractivity contribution in [3.8, 4) is 5.13 Å². The van der Waals surface area contributed by atoms with Gasteiger partial charge < -0.3 is 4.98 Å². The van der Waals surface area contributed by atoms with Crippen LogP contribution in [0.5, 0.6) is 0 Å². The number of H-pyrrole nitrogens is 2. The molecular formula is C24H22N6OS2. The summed E-state index contributed by atoms with van der Waals surface area (Å²) < 4.78 is 2.57. The monoisotopic (exact) mass is 474 g/mol. The standard InChI is InChI=1S/C24H22N6OS2/c1-16-6-8-18(9-7-16)32-14-21-19(13-25-11-10-17-12-26-15-27-17)23(31)30(29-21)24-28-20-4-2-3-5-22(20)33-24/h2-9,12-13,15,29H,10-11,14H2,1H3,(H,26,27). The summed E-state index contributed by atoms with van der Waals surface area (Å²) in [4.78, 5) is 30.7. The van der Waals surface area contributed by atoms with Gasteiger partial charge in [-0.2, -0.15) is 4.68 Å². The van der Waals surface area contributed by atoms with E-state index in [4.69, 9.17) is 0 Å². The zero-order valence-corrected chi connectivity index (χ0v) is 19.6. The van der Waals surface area contributed by atoms with E-state index in [0.717, 1.165) is 32.9 Å². The average Bonchev–Trinajstić information content (AvgIpc) is 3.56. The fourth-order valence-electron chi connectivity index (χ4n) is 3.38. The van der Waals surface area contributed by atoms with Crippen molar-refractivity contribution >= 4 is 39.5 Å². The van der Waals surface area contributed by atoms with Crippen LogP contribution in [0.2, 0.25) is 0 Å². The molecule has 5 rings (SSSR count). The molecule has 3 heterocycles. The largest absolute Gasteiger partial charge is 0.348 e. The van der Waals surface area contributed by atoms with E-state index in [1.807, 2.05) is 24.3 Å². The number of rotatable bonds is 8. The lowest BCUT2D eigenvalue weighted by Crippen LogP contribution is -2.17. The van der Waals surface area contributed by atoms with E-state index in [1.165, 1.54) is 21.6 Å². The van der Waals surface area contributed by atoms with Crippen molar-refractivity contribution in [3.63, 3.8) is 0 Å². The number of imidazole rings is 1. The zero-order valence-electron chi connectivity index (χ0n) is 18.0. The maximum atomic E-state index is 13.3. The third-order valence-electron chi connectivity index (χ3n) is 5.17. The Labute approximate surface area is 198 Å². The summed E-state index contributed by atoms with van der Waals surface area (Å²) in [7, 11) is 0. The molecule has 0 aliphatic carbocycles. The molecule has 0 bridgehead atoms. The van der Waals surface area contributed by atoms with Gasteiger partial charge >= 0.3 is 0 Å². The highest BCUT2D eigenvalue weighted by molar-refractivity contribution is 7.98. The molecule has 2 aromatic carbocycles. The second-order valence-electron chi connectivity index (χ2n) is 7.57. The van der Waals surface area contributed by atoms with Crippen molar-refractivity contribution in [1.82, 2.24) is 24.7 Å². The number of aromatic nitrogens is 5. The summed E-state index contributed by atoms with van der Waals surface area (Å²) in [6.07, 6.45) is 5.86. The summed E-state index contributed by atoms with van der Waals surface area (Å²) in [5, 5.41) is 3.91. The van der Waals surface area contributed by atoms with Crippen LogP contribution in [-0.4, -0.2) is 37.5 Å². The molecule has 0 saturated heterocycles. The SMILES string of the molecule is Cc1ccc(SCc2[nH]n(-c3nc4ccccc4s3)c(=O)c2C=NCCc2cnc[nH]2)cc1. The Hall–Kier alpha value is -3.43. The molecule has 3 aromatic heterocycles. The number of aryl methyl sites for hydroxylation is 1. The van der Waals surface area contributed by atoms with Gasteiger partial charge in [-0.05, 0) is 31.2 Å². The molecule has 0 atom stereocenters. The van der Waals surface area contributed by atoms with Gasteiger partial charge in [0.25, 0.3) is 5.56 Å². The molecular weight excluding hydrogens is 452 g/mol. The smallest absolute Gasteiger partial charge is 0.282 e. The molecule has 0 aliphatic rings. The van der Waals surface area contributed by atoms with Gasteiger partial charge in [-0.15, -0.1) is 11.8 Å². The molecule has 9 heteroatoms. The first-order valence-electron chi connectivity index (χ1n) is 10.5. The van der Waals surface area contributed by atoms with Crippen molar-refractivity contribution in [2.75, 3.05) is 6.54 Å². The first-order chi connectivity index (χ1) is 16.2. The Balaban J connectivity index is 1.44. The minimum Gasteiger partial charge on any atom is -0.348 e. The molecule has 0 spiro atoms. The highest BCUT2D eigenvalue weighted by atomic mass is 32.2. The molecule has 33 heavy (non-hydrogen) atoms. The molecule has 166 valence electrons. The van der Waals surface area contributed by atoms with Crippen LogP contribution in [0, 0.1) is 6.92 Å². The van der Waals surface area contributed by atoms with E-state index in [-0.39, 0.29) is 5.56 Å². The normalized spacial score (nSPS) is 11.7. The number of hydrogen-bond donors (Lipinski definition) is 2. The zero-order chi connectivity index (χ0) is 22.6. The van der Waals surface area contributed by atoms with E-state index in [1.54, 1.807) is 30.5 Å². The lowest BCUT2D eigenvalue weighted by Gasteiger charge is -2.02. The molecule has 0 saturated carbocycles. The van der Waals surface area contributed by atoms with Gasteiger partial charge in [-0.3, -0.25) is 14.9 Å². The summed E-state index contributed by atoms with van der Waals surface area (Å²) in [6.45, 7) is 2.64. The molecule has 0 aliphatic heterocycles. The topological polar surface area (TPSA) is 91.7 Å².